The minimum absolute atomic E-state index is 0.0309. The summed E-state index contributed by atoms with van der Waals surface area (Å²) in [5.74, 6) is -0.126. The Morgan fingerprint density at radius 1 is 1.12 bits per heavy atom. The maximum absolute atomic E-state index is 13.3. The fourth-order valence-corrected chi connectivity index (χ4v) is 7.40. The molecular weight excluding hydrogens is 548 g/mol. The molecule has 4 aromatic rings. The Kier molecular flexibility index (Phi) is 7.78. The molecule has 0 saturated carbocycles. The molecule has 2 heterocycles. The van der Waals surface area contributed by atoms with Crippen LogP contribution in [0.5, 0.6) is 5.75 Å². The van der Waals surface area contributed by atoms with Crippen LogP contribution in [0.15, 0.2) is 53.4 Å². The molecule has 0 unspecified atom stereocenters. The fourth-order valence-electron chi connectivity index (χ4n) is 5.14. The predicted molar refractivity (Wildman–Crippen MR) is 163 cm³/mol. The standard InChI is InChI=1S/C28H34N6O4S2/c1-33(2)21-7-3-6-20-19(21)5-4-8-24(20)40(36,37)32-11-14-38-22-15-18(34-12-9-17(29)10-13-34)16-23-25(22)26(30)27(39-23)28(31)35/h3-8,15-17,32H,9-14,29-30H2,1-2H3,(H2,31,35). The summed E-state index contributed by atoms with van der Waals surface area (Å²) in [6, 6.07) is 14.9. The Balaban J connectivity index is 1.38. The van der Waals surface area contributed by atoms with Crippen LogP contribution in [0.3, 0.4) is 0 Å². The molecule has 1 saturated heterocycles. The fraction of sp³-hybridized carbons (Fsp3) is 0.321. The number of benzene rings is 3. The molecule has 10 nitrogen and oxygen atoms in total. The van der Waals surface area contributed by atoms with Gasteiger partial charge >= 0.3 is 0 Å². The summed E-state index contributed by atoms with van der Waals surface area (Å²) < 4.78 is 36.2. The zero-order valence-electron chi connectivity index (χ0n) is 22.5. The number of amides is 1. The Morgan fingerprint density at radius 2 is 1.82 bits per heavy atom. The summed E-state index contributed by atoms with van der Waals surface area (Å²) >= 11 is 1.22. The molecule has 1 aliphatic heterocycles. The average Bonchev–Trinajstić information content (AvgIpc) is 3.27. The Morgan fingerprint density at radius 3 is 2.52 bits per heavy atom. The van der Waals surface area contributed by atoms with E-state index in [2.05, 4.69) is 9.62 Å². The van der Waals surface area contributed by atoms with Crippen molar-refractivity contribution in [2.75, 3.05) is 55.9 Å². The van der Waals surface area contributed by atoms with E-state index in [1.54, 1.807) is 18.2 Å². The van der Waals surface area contributed by atoms with Crippen molar-refractivity contribution in [1.29, 1.82) is 0 Å². The molecule has 1 aliphatic rings. The second kappa shape index (κ2) is 11.1. The van der Waals surface area contributed by atoms with Gasteiger partial charge in [-0.15, -0.1) is 11.3 Å². The Bertz CT molecular complexity index is 1680. The number of carbonyl (C=O) groups excluding carboxylic acids is 1. The van der Waals surface area contributed by atoms with Crippen molar-refractivity contribution in [2.45, 2.75) is 23.8 Å². The number of anilines is 3. The van der Waals surface area contributed by atoms with E-state index in [0.717, 1.165) is 47.4 Å². The SMILES string of the molecule is CN(C)c1cccc2c(S(=O)(=O)NCCOc3cc(N4CCC(N)CC4)cc4sc(C(N)=O)c(N)c34)cccc12. The lowest BCUT2D eigenvalue weighted by Crippen LogP contribution is -2.39. The van der Waals surface area contributed by atoms with Crippen molar-refractivity contribution >= 4 is 65.2 Å². The first-order valence-electron chi connectivity index (χ1n) is 13.0. The van der Waals surface area contributed by atoms with Gasteiger partial charge in [0.2, 0.25) is 10.0 Å². The van der Waals surface area contributed by atoms with E-state index in [4.69, 9.17) is 21.9 Å². The molecule has 40 heavy (non-hydrogen) atoms. The van der Waals surface area contributed by atoms with Gasteiger partial charge in [0.25, 0.3) is 5.91 Å². The first-order chi connectivity index (χ1) is 19.1. The van der Waals surface area contributed by atoms with Gasteiger partial charge in [0.1, 0.15) is 17.2 Å². The molecule has 0 radical (unpaired) electrons. The van der Waals surface area contributed by atoms with Gasteiger partial charge < -0.3 is 31.7 Å². The molecule has 1 fully saturated rings. The third kappa shape index (κ3) is 5.39. The summed E-state index contributed by atoms with van der Waals surface area (Å²) in [5, 5.41) is 2.09. The quantitative estimate of drug-likeness (QED) is 0.219. The summed E-state index contributed by atoms with van der Waals surface area (Å²) in [5.41, 5.74) is 20.1. The number of piperidine rings is 1. The van der Waals surface area contributed by atoms with E-state index in [0.29, 0.717) is 16.5 Å². The zero-order valence-corrected chi connectivity index (χ0v) is 24.1. The monoisotopic (exact) mass is 582 g/mol. The summed E-state index contributed by atoms with van der Waals surface area (Å²) in [4.78, 5) is 16.6. The Labute approximate surface area is 237 Å². The minimum Gasteiger partial charge on any atom is -0.491 e. The number of sulfonamides is 1. The lowest BCUT2D eigenvalue weighted by molar-refractivity contribution is 0.100. The van der Waals surface area contributed by atoms with Gasteiger partial charge in [-0.25, -0.2) is 13.1 Å². The summed E-state index contributed by atoms with van der Waals surface area (Å²) in [6.45, 7) is 1.69. The van der Waals surface area contributed by atoms with Gasteiger partial charge in [0.05, 0.1) is 16.0 Å². The minimum atomic E-state index is -3.82. The second-order valence-corrected chi connectivity index (χ2v) is 12.9. The molecule has 212 valence electrons. The van der Waals surface area contributed by atoms with Crippen LogP contribution in [-0.2, 0) is 10.0 Å². The molecule has 1 amide bonds. The number of thiophene rings is 1. The number of hydrogen-bond donors (Lipinski definition) is 4. The van der Waals surface area contributed by atoms with Crippen molar-refractivity contribution in [2.24, 2.45) is 11.5 Å². The highest BCUT2D eigenvalue weighted by molar-refractivity contribution is 7.89. The van der Waals surface area contributed by atoms with Gasteiger partial charge in [-0.1, -0.05) is 24.3 Å². The lowest BCUT2D eigenvalue weighted by atomic mass is 10.0. The van der Waals surface area contributed by atoms with E-state index in [1.165, 1.54) is 11.3 Å². The van der Waals surface area contributed by atoms with Crippen LogP contribution in [0, 0.1) is 0 Å². The van der Waals surface area contributed by atoms with Crippen LogP contribution in [0.25, 0.3) is 20.9 Å². The molecular formula is C28H34N6O4S2. The number of ether oxygens (including phenoxy) is 1. The molecule has 5 rings (SSSR count). The van der Waals surface area contributed by atoms with Crippen LogP contribution in [-0.4, -0.2) is 60.7 Å². The molecule has 3 aromatic carbocycles. The number of fused-ring (bicyclic) bond motifs is 2. The van der Waals surface area contributed by atoms with Crippen molar-refractivity contribution in [3.05, 3.63) is 53.4 Å². The number of nitrogens with zero attached hydrogens (tertiary/aromatic N) is 2. The van der Waals surface area contributed by atoms with E-state index < -0.39 is 15.9 Å². The number of nitrogens with two attached hydrogens (primary N) is 3. The van der Waals surface area contributed by atoms with Crippen molar-refractivity contribution < 1.29 is 17.9 Å². The number of primary amides is 1. The normalized spacial score (nSPS) is 14.6. The molecule has 7 N–H and O–H groups in total. The van der Waals surface area contributed by atoms with Crippen LogP contribution < -0.4 is 36.5 Å². The number of nitrogen functional groups attached to an aromatic ring is 1. The first-order valence-corrected chi connectivity index (χ1v) is 15.3. The first kappa shape index (κ1) is 28.0. The van der Waals surface area contributed by atoms with E-state index in [9.17, 15) is 13.2 Å². The maximum atomic E-state index is 13.3. The number of carbonyl (C=O) groups is 1. The predicted octanol–water partition coefficient (Wildman–Crippen LogP) is 3.09. The second-order valence-electron chi connectivity index (χ2n) is 10.1. The third-order valence-corrected chi connectivity index (χ3v) is 9.87. The smallest absolute Gasteiger partial charge is 0.260 e. The van der Waals surface area contributed by atoms with Crippen LogP contribution >= 0.6 is 11.3 Å². The highest BCUT2D eigenvalue weighted by atomic mass is 32.2. The molecule has 1 aromatic heterocycles. The van der Waals surface area contributed by atoms with Crippen molar-refractivity contribution in [3.8, 4) is 5.75 Å². The highest BCUT2D eigenvalue weighted by Crippen LogP contribution is 2.42. The van der Waals surface area contributed by atoms with Crippen molar-refractivity contribution in [3.63, 3.8) is 0 Å². The van der Waals surface area contributed by atoms with E-state index >= 15 is 0 Å². The maximum Gasteiger partial charge on any atom is 0.260 e. The highest BCUT2D eigenvalue weighted by Gasteiger charge is 2.23. The van der Waals surface area contributed by atoms with E-state index in [1.807, 2.05) is 49.3 Å². The zero-order chi connectivity index (χ0) is 28.6. The molecule has 0 spiro atoms. The van der Waals surface area contributed by atoms with Crippen LogP contribution in [0.1, 0.15) is 22.5 Å². The summed E-state index contributed by atoms with van der Waals surface area (Å²) in [7, 11) is 0.0174. The molecule has 0 bridgehead atoms. The lowest BCUT2D eigenvalue weighted by Gasteiger charge is -2.32. The van der Waals surface area contributed by atoms with Crippen LogP contribution in [0.2, 0.25) is 0 Å². The van der Waals surface area contributed by atoms with Gasteiger partial charge in [-0.3, -0.25) is 4.79 Å². The topological polar surface area (TPSA) is 157 Å². The average molecular weight is 583 g/mol. The third-order valence-electron chi connectivity index (χ3n) is 7.19. The van der Waals surface area contributed by atoms with Gasteiger partial charge in [0.15, 0.2) is 0 Å². The largest absolute Gasteiger partial charge is 0.491 e. The van der Waals surface area contributed by atoms with E-state index in [-0.39, 0.29) is 34.7 Å². The molecule has 0 atom stereocenters. The van der Waals surface area contributed by atoms with Gasteiger partial charge in [0, 0.05) is 72.7 Å². The van der Waals surface area contributed by atoms with Crippen LogP contribution in [0.4, 0.5) is 17.1 Å². The van der Waals surface area contributed by atoms with Crippen molar-refractivity contribution in [1.82, 2.24) is 4.72 Å². The number of nitrogens with one attached hydrogen (secondary N) is 1. The van der Waals surface area contributed by atoms with Gasteiger partial charge in [-0.05, 0) is 31.0 Å². The Hall–Kier alpha value is -3.58. The molecule has 12 heteroatoms. The number of hydrogen-bond acceptors (Lipinski definition) is 9. The van der Waals surface area contributed by atoms with Gasteiger partial charge in [-0.2, -0.15) is 0 Å². The molecule has 0 aliphatic carbocycles. The number of rotatable bonds is 9. The summed E-state index contributed by atoms with van der Waals surface area (Å²) in [6.07, 6.45) is 1.75.